The van der Waals surface area contributed by atoms with Crippen molar-refractivity contribution < 1.29 is 14.6 Å². The van der Waals surface area contributed by atoms with Crippen LogP contribution < -0.4 is 0 Å². The number of aromatic nitrogens is 2. The van der Waals surface area contributed by atoms with E-state index in [1.165, 1.54) is 6.20 Å². The summed E-state index contributed by atoms with van der Waals surface area (Å²) in [6.45, 7) is 1.21. The van der Waals surface area contributed by atoms with E-state index >= 15 is 0 Å². The zero-order chi connectivity index (χ0) is 10.8. The third kappa shape index (κ3) is 2.08. The van der Waals surface area contributed by atoms with Gasteiger partial charge in [0.1, 0.15) is 5.82 Å². The Balaban J connectivity index is 2.33. The fourth-order valence-corrected chi connectivity index (χ4v) is 1.64. The minimum Gasteiger partial charge on any atom is -0.476 e. The molecule has 0 spiro atoms. The molecular formula is C9H9ClN2O3. The average molecular weight is 229 g/mol. The number of hydrogen-bond donors (Lipinski definition) is 1. The monoisotopic (exact) mass is 228 g/mol. The Morgan fingerprint density at radius 2 is 2.47 bits per heavy atom. The quantitative estimate of drug-likeness (QED) is 0.827. The Labute approximate surface area is 91.1 Å². The van der Waals surface area contributed by atoms with Crippen LogP contribution in [0.2, 0.25) is 5.02 Å². The Morgan fingerprint density at radius 3 is 3.07 bits per heavy atom. The van der Waals surface area contributed by atoms with Crippen molar-refractivity contribution >= 4 is 17.6 Å². The molecule has 0 amide bonds. The maximum absolute atomic E-state index is 10.8. The first-order valence-electron chi connectivity index (χ1n) is 4.52. The van der Waals surface area contributed by atoms with Crippen molar-refractivity contribution in [2.24, 2.45) is 0 Å². The normalized spacial score (nSPS) is 20.5. The molecule has 0 radical (unpaired) electrons. The van der Waals surface area contributed by atoms with Crippen LogP contribution in [0.3, 0.4) is 0 Å². The SMILES string of the molecule is O=C(O)c1nc(C2CCOC2)ncc1Cl. The Bertz CT molecular complexity index is 391. The predicted octanol–water partition coefficient (Wildman–Crippen LogP) is 1.33. The molecule has 0 aromatic carbocycles. The van der Waals surface area contributed by atoms with Gasteiger partial charge in [0.25, 0.3) is 0 Å². The molecule has 15 heavy (non-hydrogen) atoms. The number of rotatable bonds is 2. The van der Waals surface area contributed by atoms with Crippen molar-refractivity contribution in [3.8, 4) is 0 Å². The number of halogens is 1. The lowest BCUT2D eigenvalue weighted by atomic mass is 10.1. The maximum Gasteiger partial charge on any atom is 0.356 e. The van der Waals surface area contributed by atoms with E-state index < -0.39 is 5.97 Å². The number of carbonyl (C=O) groups is 1. The smallest absolute Gasteiger partial charge is 0.356 e. The number of carboxylic acids is 1. The highest BCUT2D eigenvalue weighted by molar-refractivity contribution is 6.33. The highest BCUT2D eigenvalue weighted by atomic mass is 35.5. The molecule has 2 rings (SSSR count). The first-order chi connectivity index (χ1) is 7.18. The zero-order valence-electron chi connectivity index (χ0n) is 7.81. The number of ether oxygens (including phenoxy) is 1. The van der Waals surface area contributed by atoms with Crippen molar-refractivity contribution in [2.75, 3.05) is 13.2 Å². The molecule has 1 unspecified atom stereocenters. The minimum atomic E-state index is -1.14. The number of hydrogen-bond acceptors (Lipinski definition) is 4. The van der Waals surface area contributed by atoms with E-state index in [4.69, 9.17) is 21.4 Å². The summed E-state index contributed by atoms with van der Waals surface area (Å²) in [7, 11) is 0. The van der Waals surface area contributed by atoms with Crippen molar-refractivity contribution in [3.63, 3.8) is 0 Å². The molecule has 1 saturated heterocycles. The molecule has 80 valence electrons. The molecule has 1 aliphatic heterocycles. The molecular weight excluding hydrogens is 220 g/mol. The van der Waals surface area contributed by atoms with E-state index in [0.29, 0.717) is 19.0 Å². The molecule has 0 bridgehead atoms. The molecule has 1 fully saturated rings. The van der Waals surface area contributed by atoms with Gasteiger partial charge in [-0.3, -0.25) is 0 Å². The van der Waals surface area contributed by atoms with E-state index in [2.05, 4.69) is 9.97 Å². The summed E-state index contributed by atoms with van der Waals surface area (Å²) in [5.74, 6) is -0.558. The van der Waals surface area contributed by atoms with Gasteiger partial charge in [0.05, 0.1) is 17.8 Å². The number of nitrogens with zero attached hydrogens (tertiary/aromatic N) is 2. The van der Waals surface area contributed by atoms with Gasteiger partial charge in [0, 0.05) is 12.5 Å². The van der Waals surface area contributed by atoms with Gasteiger partial charge in [-0.1, -0.05) is 11.6 Å². The Morgan fingerprint density at radius 1 is 1.67 bits per heavy atom. The van der Waals surface area contributed by atoms with Crippen LogP contribution in [-0.2, 0) is 4.74 Å². The van der Waals surface area contributed by atoms with Crippen LogP contribution in [0.15, 0.2) is 6.20 Å². The molecule has 1 N–H and O–H groups in total. The number of aromatic carboxylic acids is 1. The van der Waals surface area contributed by atoms with Gasteiger partial charge in [-0.2, -0.15) is 0 Å². The van der Waals surface area contributed by atoms with Crippen LogP contribution in [0.4, 0.5) is 0 Å². The van der Waals surface area contributed by atoms with E-state index in [1.807, 2.05) is 0 Å². The fraction of sp³-hybridized carbons (Fsp3) is 0.444. The van der Waals surface area contributed by atoms with Crippen LogP contribution in [0.1, 0.15) is 28.7 Å². The minimum absolute atomic E-state index is 0.0603. The summed E-state index contributed by atoms with van der Waals surface area (Å²) in [5, 5.41) is 8.89. The number of carboxylic acid groups (broad SMARTS) is 1. The van der Waals surface area contributed by atoms with Gasteiger partial charge < -0.3 is 9.84 Å². The Kier molecular flexibility index (Phi) is 2.83. The molecule has 0 saturated carbocycles. The van der Waals surface area contributed by atoms with Crippen LogP contribution in [0, 0.1) is 0 Å². The van der Waals surface area contributed by atoms with Crippen molar-refractivity contribution in [3.05, 3.63) is 22.7 Å². The van der Waals surface area contributed by atoms with Gasteiger partial charge >= 0.3 is 5.97 Å². The van der Waals surface area contributed by atoms with Gasteiger partial charge in [0.2, 0.25) is 0 Å². The zero-order valence-corrected chi connectivity index (χ0v) is 8.57. The van der Waals surface area contributed by atoms with Crippen molar-refractivity contribution in [2.45, 2.75) is 12.3 Å². The lowest BCUT2D eigenvalue weighted by Gasteiger charge is -2.06. The molecule has 2 heterocycles. The lowest BCUT2D eigenvalue weighted by molar-refractivity contribution is 0.0690. The molecule has 6 heteroatoms. The van der Waals surface area contributed by atoms with Crippen molar-refractivity contribution in [1.29, 1.82) is 0 Å². The first kappa shape index (κ1) is 10.3. The van der Waals surface area contributed by atoms with Gasteiger partial charge in [0.15, 0.2) is 5.69 Å². The van der Waals surface area contributed by atoms with E-state index in [-0.39, 0.29) is 16.6 Å². The van der Waals surface area contributed by atoms with E-state index in [1.54, 1.807) is 0 Å². The molecule has 5 nitrogen and oxygen atoms in total. The summed E-state index contributed by atoms with van der Waals surface area (Å²) in [6, 6.07) is 0. The largest absolute Gasteiger partial charge is 0.476 e. The summed E-state index contributed by atoms with van der Waals surface area (Å²) < 4.78 is 5.18. The summed E-state index contributed by atoms with van der Waals surface area (Å²) in [4.78, 5) is 18.7. The van der Waals surface area contributed by atoms with E-state index in [9.17, 15) is 4.79 Å². The fourth-order valence-electron chi connectivity index (χ4n) is 1.47. The summed E-state index contributed by atoms with van der Waals surface area (Å²) >= 11 is 5.66. The predicted molar refractivity (Wildman–Crippen MR) is 52.2 cm³/mol. The third-order valence-corrected chi connectivity index (χ3v) is 2.54. The van der Waals surface area contributed by atoms with Crippen LogP contribution in [0.25, 0.3) is 0 Å². The molecule has 0 aliphatic carbocycles. The second-order valence-electron chi connectivity index (χ2n) is 3.29. The first-order valence-corrected chi connectivity index (χ1v) is 4.89. The second-order valence-corrected chi connectivity index (χ2v) is 3.70. The molecule has 1 aromatic heterocycles. The van der Waals surface area contributed by atoms with Crippen LogP contribution in [-0.4, -0.2) is 34.3 Å². The summed E-state index contributed by atoms with van der Waals surface area (Å²) in [5.41, 5.74) is -0.145. The average Bonchev–Trinajstić information content (AvgIpc) is 2.71. The highest BCUT2D eigenvalue weighted by Gasteiger charge is 2.22. The molecule has 1 atom stereocenters. The third-order valence-electron chi connectivity index (χ3n) is 2.26. The maximum atomic E-state index is 10.8. The second kappa shape index (κ2) is 4.12. The van der Waals surface area contributed by atoms with Gasteiger partial charge in [-0.05, 0) is 6.42 Å². The van der Waals surface area contributed by atoms with Crippen LogP contribution in [0.5, 0.6) is 0 Å². The van der Waals surface area contributed by atoms with Crippen molar-refractivity contribution in [1.82, 2.24) is 9.97 Å². The Hall–Kier alpha value is -1.20. The molecule has 1 aliphatic rings. The molecule has 1 aromatic rings. The van der Waals surface area contributed by atoms with Crippen LogP contribution >= 0.6 is 11.6 Å². The van der Waals surface area contributed by atoms with E-state index in [0.717, 1.165) is 6.42 Å². The summed E-state index contributed by atoms with van der Waals surface area (Å²) in [6.07, 6.45) is 2.15. The topological polar surface area (TPSA) is 72.3 Å². The lowest BCUT2D eigenvalue weighted by Crippen LogP contribution is -2.10. The van der Waals surface area contributed by atoms with Gasteiger partial charge in [-0.25, -0.2) is 14.8 Å². The standard InChI is InChI=1S/C9H9ClN2O3/c10-6-3-11-8(5-1-2-15-4-5)12-7(6)9(13)14/h3,5H,1-2,4H2,(H,13,14). The van der Waals surface area contributed by atoms with Gasteiger partial charge in [-0.15, -0.1) is 0 Å². The highest BCUT2D eigenvalue weighted by Crippen LogP contribution is 2.23.